The fourth-order valence-electron chi connectivity index (χ4n) is 3.68. The SMILES string of the molecule is O=C(N[C@H]1C[C@H]2CC[C@H]1O2)N(Cc1ccc(F)cc1)CC1CC1. The molecule has 2 heterocycles. The van der Waals surface area contributed by atoms with Crippen molar-refractivity contribution in [3.05, 3.63) is 35.6 Å². The van der Waals surface area contributed by atoms with Crippen molar-refractivity contribution in [2.45, 2.75) is 56.9 Å². The van der Waals surface area contributed by atoms with Gasteiger partial charge in [-0.05, 0) is 55.7 Å². The van der Waals surface area contributed by atoms with Crippen molar-refractivity contribution in [1.29, 1.82) is 0 Å². The molecule has 2 amide bonds. The molecule has 1 saturated carbocycles. The quantitative estimate of drug-likeness (QED) is 0.906. The number of amides is 2. The van der Waals surface area contributed by atoms with Crippen LogP contribution in [0, 0.1) is 11.7 Å². The number of benzene rings is 1. The van der Waals surface area contributed by atoms with Crippen LogP contribution in [0.2, 0.25) is 0 Å². The van der Waals surface area contributed by atoms with Crippen molar-refractivity contribution >= 4 is 6.03 Å². The van der Waals surface area contributed by atoms with E-state index in [9.17, 15) is 9.18 Å². The summed E-state index contributed by atoms with van der Waals surface area (Å²) >= 11 is 0. The maximum Gasteiger partial charge on any atom is 0.318 e. The van der Waals surface area contributed by atoms with Gasteiger partial charge >= 0.3 is 6.03 Å². The zero-order chi connectivity index (χ0) is 15.8. The predicted octanol–water partition coefficient (Wildman–Crippen LogP) is 3.07. The van der Waals surface area contributed by atoms with Crippen molar-refractivity contribution < 1.29 is 13.9 Å². The van der Waals surface area contributed by atoms with Gasteiger partial charge in [-0.15, -0.1) is 0 Å². The number of carbonyl (C=O) groups excluding carboxylic acids is 1. The monoisotopic (exact) mass is 318 g/mol. The lowest BCUT2D eigenvalue weighted by Crippen LogP contribution is -2.48. The Kier molecular flexibility index (Phi) is 3.97. The molecule has 0 aromatic heterocycles. The van der Waals surface area contributed by atoms with Crippen molar-refractivity contribution in [3.8, 4) is 0 Å². The Bertz CT molecular complexity index is 573. The molecular weight excluding hydrogens is 295 g/mol. The van der Waals surface area contributed by atoms with E-state index in [-0.39, 0.29) is 24.0 Å². The van der Waals surface area contributed by atoms with Gasteiger partial charge in [-0.1, -0.05) is 12.1 Å². The zero-order valence-electron chi connectivity index (χ0n) is 13.2. The van der Waals surface area contributed by atoms with E-state index in [2.05, 4.69) is 5.32 Å². The molecule has 3 fully saturated rings. The lowest BCUT2D eigenvalue weighted by Gasteiger charge is -2.27. The zero-order valence-corrected chi connectivity index (χ0v) is 13.2. The normalized spacial score (nSPS) is 28.8. The minimum absolute atomic E-state index is 0.0117. The van der Waals surface area contributed by atoms with Gasteiger partial charge in [0.25, 0.3) is 0 Å². The summed E-state index contributed by atoms with van der Waals surface area (Å²) in [5.74, 6) is 0.378. The Morgan fingerprint density at radius 3 is 2.61 bits per heavy atom. The van der Waals surface area contributed by atoms with Crippen molar-refractivity contribution in [2.24, 2.45) is 5.92 Å². The van der Waals surface area contributed by atoms with Gasteiger partial charge in [-0.25, -0.2) is 9.18 Å². The predicted molar refractivity (Wildman–Crippen MR) is 84.4 cm³/mol. The van der Waals surface area contributed by atoms with E-state index in [0.717, 1.165) is 31.4 Å². The first-order valence-electron chi connectivity index (χ1n) is 8.63. The second-order valence-corrected chi connectivity index (χ2v) is 7.12. The summed E-state index contributed by atoms with van der Waals surface area (Å²) in [6.45, 7) is 1.31. The number of urea groups is 1. The highest BCUT2D eigenvalue weighted by molar-refractivity contribution is 5.74. The molecule has 0 radical (unpaired) electrons. The summed E-state index contributed by atoms with van der Waals surface area (Å²) in [5.41, 5.74) is 0.964. The molecule has 0 spiro atoms. The summed E-state index contributed by atoms with van der Waals surface area (Å²) < 4.78 is 18.9. The van der Waals surface area contributed by atoms with Crippen molar-refractivity contribution in [3.63, 3.8) is 0 Å². The van der Waals surface area contributed by atoms with Crippen LogP contribution in [-0.2, 0) is 11.3 Å². The van der Waals surface area contributed by atoms with Crippen LogP contribution in [0.3, 0.4) is 0 Å². The summed E-state index contributed by atoms with van der Waals surface area (Å²) in [4.78, 5) is 14.6. The summed E-state index contributed by atoms with van der Waals surface area (Å²) in [6, 6.07) is 6.55. The lowest BCUT2D eigenvalue weighted by molar-refractivity contribution is 0.0968. The topological polar surface area (TPSA) is 41.6 Å². The van der Waals surface area contributed by atoms with E-state index in [0.29, 0.717) is 18.6 Å². The first-order chi connectivity index (χ1) is 11.2. The molecule has 124 valence electrons. The van der Waals surface area contributed by atoms with Gasteiger partial charge in [0, 0.05) is 13.1 Å². The number of carbonyl (C=O) groups is 1. The molecule has 4 rings (SSSR count). The minimum Gasteiger partial charge on any atom is -0.373 e. The molecule has 5 heteroatoms. The summed E-state index contributed by atoms with van der Waals surface area (Å²) in [7, 11) is 0. The van der Waals surface area contributed by atoms with E-state index in [1.807, 2.05) is 4.90 Å². The van der Waals surface area contributed by atoms with Crippen LogP contribution < -0.4 is 5.32 Å². The van der Waals surface area contributed by atoms with Crippen LogP contribution in [0.4, 0.5) is 9.18 Å². The molecule has 1 N–H and O–H groups in total. The van der Waals surface area contributed by atoms with Gasteiger partial charge in [-0.2, -0.15) is 0 Å². The maximum atomic E-state index is 13.1. The van der Waals surface area contributed by atoms with Crippen LogP contribution in [0.25, 0.3) is 0 Å². The summed E-state index contributed by atoms with van der Waals surface area (Å²) in [6.07, 6.45) is 6.03. The molecule has 2 aliphatic heterocycles. The number of hydrogen-bond donors (Lipinski definition) is 1. The number of nitrogens with zero attached hydrogens (tertiary/aromatic N) is 1. The van der Waals surface area contributed by atoms with Gasteiger partial charge in [0.1, 0.15) is 5.82 Å². The number of fused-ring (bicyclic) bond motifs is 2. The van der Waals surface area contributed by atoms with Crippen molar-refractivity contribution in [1.82, 2.24) is 10.2 Å². The highest BCUT2D eigenvalue weighted by Crippen LogP contribution is 2.35. The standard InChI is InChI=1S/C18H23FN2O2/c19-14-5-3-13(4-6-14)11-21(10-12-1-2-12)18(22)20-16-9-15-7-8-17(16)23-15/h3-6,12,15-17H,1-2,7-11H2,(H,20,22)/t15-,16+,17-/m1/s1. The molecule has 2 bridgehead atoms. The number of hydrogen-bond acceptors (Lipinski definition) is 2. The number of halogens is 1. The number of rotatable bonds is 5. The third kappa shape index (κ3) is 3.50. The average Bonchev–Trinajstić information content (AvgIpc) is 3.12. The molecule has 23 heavy (non-hydrogen) atoms. The van der Waals surface area contributed by atoms with E-state index >= 15 is 0 Å². The Morgan fingerprint density at radius 1 is 1.22 bits per heavy atom. The molecule has 0 unspecified atom stereocenters. The molecule has 2 saturated heterocycles. The third-order valence-corrected chi connectivity index (χ3v) is 5.16. The lowest BCUT2D eigenvalue weighted by atomic mass is 9.96. The molecule has 1 aromatic rings. The smallest absolute Gasteiger partial charge is 0.318 e. The number of nitrogens with one attached hydrogen (secondary N) is 1. The molecule has 3 aliphatic rings. The van der Waals surface area contributed by atoms with E-state index in [1.54, 1.807) is 12.1 Å². The average molecular weight is 318 g/mol. The Labute approximate surface area is 136 Å². The van der Waals surface area contributed by atoms with Gasteiger partial charge in [0.15, 0.2) is 0 Å². The van der Waals surface area contributed by atoms with Gasteiger partial charge in [0.2, 0.25) is 0 Å². The van der Waals surface area contributed by atoms with E-state index < -0.39 is 0 Å². The van der Waals surface area contributed by atoms with Crippen LogP contribution in [-0.4, -0.2) is 35.7 Å². The second-order valence-electron chi connectivity index (χ2n) is 7.12. The highest BCUT2D eigenvalue weighted by Gasteiger charge is 2.42. The van der Waals surface area contributed by atoms with Crippen LogP contribution in [0.1, 0.15) is 37.7 Å². The Balaban J connectivity index is 1.40. The van der Waals surface area contributed by atoms with Crippen LogP contribution in [0.5, 0.6) is 0 Å². The Morgan fingerprint density at radius 2 is 2.00 bits per heavy atom. The van der Waals surface area contributed by atoms with Crippen LogP contribution in [0.15, 0.2) is 24.3 Å². The molecular formula is C18H23FN2O2. The maximum absolute atomic E-state index is 13.1. The largest absolute Gasteiger partial charge is 0.373 e. The van der Waals surface area contributed by atoms with E-state index in [1.165, 1.54) is 25.0 Å². The molecule has 1 aliphatic carbocycles. The van der Waals surface area contributed by atoms with Crippen molar-refractivity contribution in [2.75, 3.05) is 6.54 Å². The summed E-state index contributed by atoms with van der Waals surface area (Å²) in [5, 5.41) is 3.16. The van der Waals surface area contributed by atoms with Gasteiger partial charge < -0.3 is 15.0 Å². The van der Waals surface area contributed by atoms with Gasteiger partial charge in [0.05, 0.1) is 18.2 Å². The minimum atomic E-state index is -0.244. The first kappa shape index (κ1) is 14.9. The first-order valence-corrected chi connectivity index (χ1v) is 8.63. The number of ether oxygens (including phenoxy) is 1. The highest BCUT2D eigenvalue weighted by atomic mass is 19.1. The van der Waals surface area contributed by atoms with Crippen LogP contribution >= 0.6 is 0 Å². The molecule has 1 aromatic carbocycles. The molecule has 4 nitrogen and oxygen atoms in total. The molecule has 3 atom stereocenters. The Hall–Kier alpha value is -1.62. The fourth-order valence-corrected chi connectivity index (χ4v) is 3.68. The van der Waals surface area contributed by atoms with Gasteiger partial charge in [-0.3, -0.25) is 0 Å². The second kappa shape index (κ2) is 6.11. The fraction of sp³-hybridized carbons (Fsp3) is 0.611. The van der Waals surface area contributed by atoms with E-state index in [4.69, 9.17) is 4.74 Å². The third-order valence-electron chi connectivity index (χ3n) is 5.16.